The molecule has 1 saturated heterocycles. The molecule has 0 aliphatic carbocycles. The zero-order valence-electron chi connectivity index (χ0n) is 32.8. The highest BCUT2D eigenvalue weighted by molar-refractivity contribution is 7.09. The van der Waals surface area contributed by atoms with Crippen LogP contribution in [0.25, 0.3) is 0 Å². The number of hydrogen-bond acceptors (Lipinski definition) is 9. The van der Waals surface area contributed by atoms with Crippen molar-refractivity contribution in [2.75, 3.05) is 33.3 Å². The maximum Gasteiger partial charge on any atom is 0.405 e. The van der Waals surface area contributed by atoms with Crippen molar-refractivity contribution < 1.29 is 34.1 Å². The van der Waals surface area contributed by atoms with Crippen LogP contribution in [0.1, 0.15) is 84.5 Å². The molecule has 3 rings (SSSR count). The molecule has 0 bridgehead atoms. The van der Waals surface area contributed by atoms with E-state index in [1.165, 1.54) is 11.3 Å². The first-order valence-corrected chi connectivity index (χ1v) is 19.3. The third-order valence-electron chi connectivity index (χ3n) is 9.43. The molecule has 14 nitrogen and oxygen atoms in total. The van der Waals surface area contributed by atoms with Crippen LogP contribution in [0.15, 0.2) is 35.7 Å². The number of thiazole rings is 1. The SMILES string of the molecule is CC[C@H](C)[C@@H](C(=O)N[C@@H](Cc1ccccc1)[C@@H](O)CN(CCC(C)(C)C)NC(=O)[C@@H](NC(=O)O)C(C)(C)C)N1CCN(Cc2csc(COC)n2)C1=O. The van der Waals surface area contributed by atoms with E-state index in [2.05, 4.69) is 41.8 Å². The first-order valence-electron chi connectivity index (χ1n) is 18.4. The van der Waals surface area contributed by atoms with Gasteiger partial charge in [0.25, 0.3) is 5.91 Å². The van der Waals surface area contributed by atoms with Gasteiger partial charge in [0.2, 0.25) is 5.91 Å². The Morgan fingerprint density at radius 2 is 1.74 bits per heavy atom. The smallest absolute Gasteiger partial charge is 0.405 e. The molecule has 0 unspecified atom stereocenters. The van der Waals surface area contributed by atoms with Crippen LogP contribution in [0, 0.1) is 16.7 Å². The number of benzene rings is 1. The summed E-state index contributed by atoms with van der Waals surface area (Å²) in [5.74, 6) is -1.10. The van der Waals surface area contributed by atoms with Gasteiger partial charge < -0.3 is 35.4 Å². The first-order chi connectivity index (χ1) is 24.8. The van der Waals surface area contributed by atoms with Crippen LogP contribution < -0.4 is 16.1 Å². The second-order valence-corrected chi connectivity index (χ2v) is 17.2. The van der Waals surface area contributed by atoms with Crippen molar-refractivity contribution in [1.82, 2.24) is 35.9 Å². The van der Waals surface area contributed by atoms with E-state index in [4.69, 9.17) is 4.74 Å². The highest BCUT2D eigenvalue weighted by Gasteiger charge is 2.41. The molecule has 5 atom stereocenters. The third kappa shape index (κ3) is 13.5. The van der Waals surface area contributed by atoms with Crippen LogP contribution in [0.4, 0.5) is 9.59 Å². The molecule has 5 N–H and O–H groups in total. The van der Waals surface area contributed by atoms with Crippen LogP contribution in [-0.2, 0) is 33.9 Å². The van der Waals surface area contributed by atoms with Crippen molar-refractivity contribution in [3.8, 4) is 0 Å². The minimum atomic E-state index is -1.32. The van der Waals surface area contributed by atoms with Gasteiger partial charge in [-0.1, -0.05) is 92.1 Å². The first kappa shape index (κ1) is 43.6. The molecule has 0 spiro atoms. The fourth-order valence-electron chi connectivity index (χ4n) is 6.20. The monoisotopic (exact) mass is 759 g/mol. The molecule has 2 heterocycles. The lowest BCUT2D eigenvalue weighted by molar-refractivity contribution is -0.132. The molecule has 0 saturated carbocycles. The van der Waals surface area contributed by atoms with Gasteiger partial charge in [-0.15, -0.1) is 11.3 Å². The van der Waals surface area contributed by atoms with Crippen LogP contribution >= 0.6 is 11.3 Å². The van der Waals surface area contributed by atoms with E-state index in [0.29, 0.717) is 52.0 Å². The van der Waals surface area contributed by atoms with Gasteiger partial charge in [0.15, 0.2) is 0 Å². The molecule has 1 aromatic carbocycles. The molecule has 1 aromatic heterocycles. The molecule has 15 heteroatoms. The van der Waals surface area contributed by atoms with Gasteiger partial charge in [-0.2, -0.15) is 0 Å². The van der Waals surface area contributed by atoms with E-state index in [-0.39, 0.29) is 29.8 Å². The topological polar surface area (TPSA) is 177 Å². The van der Waals surface area contributed by atoms with Crippen molar-refractivity contribution >= 4 is 35.3 Å². The van der Waals surface area contributed by atoms with Gasteiger partial charge in [0, 0.05) is 38.7 Å². The Hall–Kier alpha value is -3.79. The number of carbonyl (C=O) groups is 4. The number of aliphatic hydroxyl groups is 1. The number of carboxylic acid groups (broad SMARTS) is 1. The number of urea groups is 1. The summed E-state index contributed by atoms with van der Waals surface area (Å²) in [4.78, 5) is 61.2. The average Bonchev–Trinajstić information content (AvgIpc) is 3.67. The summed E-state index contributed by atoms with van der Waals surface area (Å²) >= 11 is 1.48. The van der Waals surface area contributed by atoms with Gasteiger partial charge in [-0.05, 0) is 35.2 Å². The number of aromatic nitrogens is 1. The predicted octanol–water partition coefficient (Wildman–Crippen LogP) is 4.48. The zero-order valence-corrected chi connectivity index (χ0v) is 33.7. The van der Waals surface area contributed by atoms with E-state index in [9.17, 15) is 29.4 Å². The lowest BCUT2D eigenvalue weighted by atomic mass is 9.86. The fourth-order valence-corrected chi connectivity index (χ4v) is 6.95. The molecule has 1 aliphatic heterocycles. The van der Waals surface area contributed by atoms with E-state index in [0.717, 1.165) is 16.3 Å². The van der Waals surface area contributed by atoms with Crippen LogP contribution in [-0.4, -0.2) is 111 Å². The van der Waals surface area contributed by atoms with Crippen molar-refractivity contribution in [2.45, 2.75) is 112 Å². The van der Waals surface area contributed by atoms with Gasteiger partial charge >= 0.3 is 12.1 Å². The summed E-state index contributed by atoms with van der Waals surface area (Å²) in [7, 11) is 1.61. The summed E-state index contributed by atoms with van der Waals surface area (Å²) < 4.78 is 5.18. The lowest BCUT2D eigenvalue weighted by Gasteiger charge is -2.36. The quantitative estimate of drug-likeness (QED) is 0.129. The second kappa shape index (κ2) is 19.5. The minimum Gasteiger partial charge on any atom is -0.465 e. The summed E-state index contributed by atoms with van der Waals surface area (Å²) in [5.41, 5.74) is 3.67. The zero-order chi connectivity index (χ0) is 39.5. The van der Waals surface area contributed by atoms with E-state index in [1.54, 1.807) is 42.7 Å². The third-order valence-corrected chi connectivity index (χ3v) is 10.3. The predicted molar refractivity (Wildman–Crippen MR) is 205 cm³/mol. The summed E-state index contributed by atoms with van der Waals surface area (Å²) in [6.45, 7) is 17.3. The summed E-state index contributed by atoms with van der Waals surface area (Å²) in [6.07, 6.45) is -0.885. The van der Waals surface area contributed by atoms with Crippen molar-refractivity contribution in [2.24, 2.45) is 16.7 Å². The highest BCUT2D eigenvalue weighted by atomic mass is 32.1. The van der Waals surface area contributed by atoms with Crippen molar-refractivity contribution in [3.05, 3.63) is 52.0 Å². The number of carbonyl (C=O) groups excluding carboxylic acids is 3. The number of nitrogens with one attached hydrogen (secondary N) is 3. The maximum absolute atomic E-state index is 14.3. The standard InChI is InChI=1S/C38H61N7O7S/c1-10-25(2)31(45-19-18-43(36(45)51)21-27-24-53-30(39-27)23-52-9)33(47)40-28(20-26-14-12-11-13-15-26)29(46)22-44(17-16-37(3,4)5)42-34(48)32(38(6,7)8)41-35(49)50/h11-15,24-25,28-29,31-32,41,46H,10,16-23H2,1-9H3,(H,40,47)(H,42,48)(H,49,50)/t25-,28-,29-,31-,32+/m0/s1. The number of hydrazine groups is 1. The molecule has 1 aliphatic rings. The second-order valence-electron chi connectivity index (χ2n) is 16.2. The largest absolute Gasteiger partial charge is 0.465 e. The number of methoxy groups -OCH3 is 1. The molecule has 296 valence electrons. The van der Waals surface area contributed by atoms with E-state index in [1.807, 2.05) is 49.6 Å². The highest BCUT2D eigenvalue weighted by Crippen LogP contribution is 2.25. The van der Waals surface area contributed by atoms with Crippen LogP contribution in [0.2, 0.25) is 0 Å². The normalized spacial score (nSPS) is 16.6. The average molecular weight is 760 g/mol. The molecule has 0 radical (unpaired) electrons. The fraction of sp³-hybridized carbons (Fsp3) is 0.658. The Bertz CT molecular complexity index is 1490. The number of nitrogens with zero attached hydrogens (tertiary/aromatic N) is 4. The van der Waals surface area contributed by atoms with Gasteiger partial charge in [-0.3, -0.25) is 15.0 Å². The Labute approximate surface area is 318 Å². The van der Waals surface area contributed by atoms with Gasteiger partial charge in [-0.25, -0.2) is 19.6 Å². The molecular weight excluding hydrogens is 699 g/mol. The van der Waals surface area contributed by atoms with E-state index < -0.39 is 41.6 Å². The van der Waals surface area contributed by atoms with Crippen LogP contribution in [0.5, 0.6) is 0 Å². The lowest BCUT2D eigenvalue weighted by Crippen LogP contribution is -2.60. The Morgan fingerprint density at radius 1 is 1.06 bits per heavy atom. The number of hydrogen-bond donors (Lipinski definition) is 5. The molecular formula is C38H61N7O7S. The van der Waals surface area contributed by atoms with Gasteiger partial charge in [0.1, 0.15) is 17.1 Å². The summed E-state index contributed by atoms with van der Waals surface area (Å²) in [5, 5.41) is 31.1. The Balaban J connectivity index is 1.86. The molecule has 53 heavy (non-hydrogen) atoms. The number of rotatable bonds is 19. The molecule has 5 amide bonds. The number of aliphatic hydroxyl groups excluding tert-OH is 1. The molecule has 2 aromatic rings. The minimum absolute atomic E-state index is 0.0490. The van der Waals surface area contributed by atoms with Crippen molar-refractivity contribution in [3.63, 3.8) is 0 Å². The Kier molecular flexibility index (Phi) is 16.1. The molecule has 1 fully saturated rings. The van der Waals surface area contributed by atoms with E-state index >= 15 is 0 Å². The Morgan fingerprint density at radius 3 is 2.32 bits per heavy atom. The maximum atomic E-state index is 14.3. The van der Waals surface area contributed by atoms with Crippen LogP contribution in [0.3, 0.4) is 0 Å². The summed E-state index contributed by atoms with van der Waals surface area (Å²) in [6, 6.07) is 6.62. The number of ether oxygens (including phenoxy) is 1. The van der Waals surface area contributed by atoms with Gasteiger partial charge in [0.05, 0.1) is 31.0 Å². The number of amides is 5. The van der Waals surface area contributed by atoms with Crippen molar-refractivity contribution in [1.29, 1.82) is 0 Å².